The van der Waals surface area contributed by atoms with Gasteiger partial charge in [0.2, 0.25) is 5.95 Å². The van der Waals surface area contributed by atoms with Crippen LogP contribution < -0.4 is 0 Å². The van der Waals surface area contributed by atoms with E-state index in [1.807, 2.05) is 54.6 Å². The normalized spacial score (nSPS) is 15.1. The Morgan fingerprint density at radius 1 is 0.511 bits per heavy atom. The Hall–Kier alpha value is -6.27. The van der Waals surface area contributed by atoms with Crippen molar-refractivity contribution < 1.29 is 22.5 Å². The van der Waals surface area contributed by atoms with Crippen LogP contribution in [0.1, 0.15) is 13.7 Å². The topological polar surface area (TPSA) is 69.9 Å². The van der Waals surface area contributed by atoms with Crippen LogP contribution in [-0.2, 0) is 0 Å². The van der Waals surface area contributed by atoms with Gasteiger partial charge in [-0.25, -0.2) is 4.98 Å². The summed E-state index contributed by atoms with van der Waals surface area (Å²) in [6.07, 6.45) is 0. The van der Waals surface area contributed by atoms with E-state index in [4.69, 9.17) is 34.8 Å². The third-order valence-electron chi connectivity index (χ3n) is 7.98. The van der Waals surface area contributed by atoms with Crippen LogP contribution >= 0.6 is 0 Å². The van der Waals surface area contributed by atoms with Crippen molar-refractivity contribution >= 4 is 65.7 Å². The van der Waals surface area contributed by atoms with Crippen molar-refractivity contribution in [1.29, 1.82) is 0 Å². The Bertz CT molecular complexity index is 3340. The van der Waals surface area contributed by atoms with Crippen LogP contribution in [0.4, 0.5) is 0 Å². The molecule has 4 heterocycles. The highest BCUT2D eigenvalue weighted by atomic mass is 16.3. The number of aromatic nitrogens is 4. The Morgan fingerprint density at radius 3 is 2.22 bits per heavy atom. The molecule has 0 aliphatic rings. The predicted molar refractivity (Wildman–Crippen MR) is 180 cm³/mol. The highest BCUT2D eigenvalue weighted by Gasteiger charge is 2.22. The zero-order valence-electron chi connectivity index (χ0n) is 33.0. The molecule has 6 aromatic carbocycles. The average molecular weight is 589 g/mol. The monoisotopic (exact) mass is 588 g/mol. The Kier molecular flexibility index (Phi) is 3.35. The predicted octanol–water partition coefficient (Wildman–Crippen LogP) is 10.1. The van der Waals surface area contributed by atoms with Gasteiger partial charge in [-0.3, -0.25) is 4.57 Å². The van der Waals surface area contributed by atoms with Gasteiger partial charge in [0.25, 0.3) is 0 Å². The zero-order chi connectivity index (χ0) is 38.2. The molecule has 45 heavy (non-hydrogen) atoms. The minimum absolute atomic E-state index is 0.00335. The van der Waals surface area contributed by atoms with Crippen LogP contribution in [-0.4, -0.2) is 19.5 Å². The standard InChI is InChI=1S/C39H22N4O2/c1-2-11-23(12-3-1)37-40-38(28-17-10-16-25-24-13-5-8-19-31(24)45-36(25)28)42-39(41-37)43-29-18-7-4-14-26(29)34-30(43)21-22-33-35(34)27-15-6-9-20-32(27)44-33/h1-22H/i4D,6D,7D,9D,14D,15D,18D,20D,21D,22D. The molecule has 0 fully saturated rings. The molecule has 0 saturated carbocycles. The van der Waals surface area contributed by atoms with Crippen molar-refractivity contribution in [3.8, 4) is 28.7 Å². The van der Waals surface area contributed by atoms with Gasteiger partial charge in [-0.2, -0.15) is 9.97 Å². The minimum Gasteiger partial charge on any atom is -0.456 e. The molecular weight excluding hydrogens is 556 g/mol. The van der Waals surface area contributed by atoms with E-state index in [9.17, 15) is 2.74 Å². The van der Waals surface area contributed by atoms with E-state index in [0.29, 0.717) is 22.3 Å². The van der Waals surface area contributed by atoms with Gasteiger partial charge in [0.05, 0.1) is 30.3 Å². The van der Waals surface area contributed by atoms with Gasteiger partial charge in [0, 0.05) is 37.9 Å². The van der Waals surface area contributed by atoms with Crippen molar-refractivity contribution in [2.75, 3.05) is 0 Å². The van der Waals surface area contributed by atoms with Crippen LogP contribution in [0.25, 0.3) is 94.4 Å². The van der Waals surface area contributed by atoms with Crippen molar-refractivity contribution in [1.82, 2.24) is 19.5 Å². The molecular formula is C39H22N4O2. The van der Waals surface area contributed by atoms with Crippen LogP contribution in [0.3, 0.4) is 0 Å². The van der Waals surface area contributed by atoms with E-state index in [1.54, 1.807) is 18.2 Å². The van der Waals surface area contributed by atoms with E-state index < -0.39 is 60.4 Å². The molecule has 6 heteroatoms. The Morgan fingerprint density at radius 2 is 1.29 bits per heavy atom. The van der Waals surface area contributed by atoms with E-state index >= 15 is 0 Å². The quantitative estimate of drug-likeness (QED) is 0.205. The molecule has 0 aliphatic carbocycles. The maximum atomic E-state index is 9.37. The maximum absolute atomic E-state index is 9.37. The number of rotatable bonds is 3. The molecule has 0 unspecified atom stereocenters. The lowest BCUT2D eigenvalue weighted by Crippen LogP contribution is -2.06. The molecule has 4 aromatic heterocycles. The highest BCUT2D eigenvalue weighted by molar-refractivity contribution is 6.27. The Balaban J connectivity index is 1.43. The van der Waals surface area contributed by atoms with Crippen molar-refractivity contribution in [2.45, 2.75) is 0 Å². The summed E-state index contributed by atoms with van der Waals surface area (Å²) < 4.78 is 102. The SMILES string of the molecule is [2H]c1c([2H])c([2H])c2c(oc3c([2H])c([2H])c4c(c5c([2H])c([2H])c([2H])c([2H])c5n4-c4nc(-c5ccccc5)nc(-c5cccc6c5oc5ccccc56)n4)c32)c1[2H]. The van der Waals surface area contributed by atoms with E-state index in [1.165, 1.54) is 4.57 Å². The molecule has 0 N–H and O–H groups in total. The number of hydrogen-bond acceptors (Lipinski definition) is 5. The third kappa shape index (κ3) is 3.48. The molecule has 6 nitrogen and oxygen atoms in total. The second-order valence-corrected chi connectivity index (χ2v) is 10.5. The van der Waals surface area contributed by atoms with Crippen molar-refractivity contribution in [3.05, 3.63) is 133 Å². The van der Waals surface area contributed by atoms with Gasteiger partial charge in [0.15, 0.2) is 11.6 Å². The van der Waals surface area contributed by atoms with Crippen LogP contribution in [0.15, 0.2) is 142 Å². The first-order chi connectivity index (χ1) is 26.5. The largest absolute Gasteiger partial charge is 0.456 e. The van der Waals surface area contributed by atoms with Crippen molar-refractivity contribution in [3.63, 3.8) is 0 Å². The number of benzene rings is 6. The summed E-state index contributed by atoms with van der Waals surface area (Å²) in [5, 5.41) is 1.54. The fraction of sp³-hybridized carbons (Fsp3) is 0. The van der Waals surface area contributed by atoms with Gasteiger partial charge in [-0.05, 0) is 36.3 Å². The Labute approximate surface area is 269 Å². The number of para-hydroxylation sites is 4. The van der Waals surface area contributed by atoms with Gasteiger partial charge >= 0.3 is 0 Å². The van der Waals surface area contributed by atoms with Crippen LogP contribution in [0, 0.1) is 0 Å². The molecule has 210 valence electrons. The average Bonchev–Trinajstić information content (AvgIpc) is 3.90. The summed E-state index contributed by atoms with van der Waals surface area (Å²) in [5.74, 6) is 0.223. The minimum atomic E-state index is -0.571. The second-order valence-electron chi connectivity index (χ2n) is 10.5. The van der Waals surface area contributed by atoms with Gasteiger partial charge in [-0.15, -0.1) is 0 Å². The zero-order valence-corrected chi connectivity index (χ0v) is 23.0. The molecule has 10 aromatic rings. The van der Waals surface area contributed by atoms with E-state index in [0.717, 1.165) is 10.8 Å². The molecule has 0 atom stereocenters. The number of hydrogen-bond donors (Lipinski definition) is 0. The first kappa shape index (κ1) is 16.5. The fourth-order valence-electron chi connectivity index (χ4n) is 6.05. The number of fused-ring (bicyclic) bond motifs is 10. The van der Waals surface area contributed by atoms with Gasteiger partial charge in [-0.1, -0.05) is 96.9 Å². The molecule has 0 radical (unpaired) electrons. The van der Waals surface area contributed by atoms with E-state index in [-0.39, 0.29) is 61.3 Å². The molecule has 10 rings (SSSR count). The number of furan rings is 2. The molecule has 0 bridgehead atoms. The summed E-state index contributed by atoms with van der Waals surface area (Å²) in [6, 6.07) is 17.1. The summed E-state index contributed by atoms with van der Waals surface area (Å²) in [7, 11) is 0. The van der Waals surface area contributed by atoms with E-state index in [2.05, 4.69) is 0 Å². The first-order valence-corrected chi connectivity index (χ1v) is 14.1. The summed E-state index contributed by atoms with van der Waals surface area (Å²) >= 11 is 0. The van der Waals surface area contributed by atoms with Gasteiger partial charge in [0.1, 0.15) is 22.3 Å². The summed E-state index contributed by atoms with van der Waals surface area (Å²) in [5.41, 5.74) is 1.56. The molecule has 0 spiro atoms. The first-order valence-electron chi connectivity index (χ1n) is 19.1. The lowest BCUT2D eigenvalue weighted by molar-refractivity contribution is 0.669. The molecule has 0 amide bonds. The smallest absolute Gasteiger partial charge is 0.238 e. The third-order valence-corrected chi connectivity index (χ3v) is 7.98. The molecule has 0 aliphatic heterocycles. The number of nitrogens with zero attached hydrogens (tertiary/aromatic N) is 4. The van der Waals surface area contributed by atoms with Crippen molar-refractivity contribution in [2.24, 2.45) is 0 Å². The maximum Gasteiger partial charge on any atom is 0.238 e. The summed E-state index contributed by atoms with van der Waals surface area (Å²) in [6.45, 7) is 0. The highest BCUT2D eigenvalue weighted by Crippen LogP contribution is 2.41. The van der Waals surface area contributed by atoms with Crippen LogP contribution in [0.5, 0.6) is 0 Å². The summed E-state index contributed by atoms with van der Waals surface area (Å²) in [4.78, 5) is 14.6. The van der Waals surface area contributed by atoms with Crippen LogP contribution in [0.2, 0.25) is 0 Å². The lowest BCUT2D eigenvalue weighted by Gasteiger charge is -2.11. The fourth-order valence-corrected chi connectivity index (χ4v) is 6.05. The van der Waals surface area contributed by atoms with Gasteiger partial charge < -0.3 is 8.83 Å². The second kappa shape index (κ2) is 9.11. The molecule has 0 saturated heterocycles. The lowest BCUT2D eigenvalue weighted by atomic mass is 10.1.